The lowest BCUT2D eigenvalue weighted by molar-refractivity contribution is -0.122. The number of nitrogens with zero attached hydrogens (tertiary/aromatic N) is 1. The zero-order chi connectivity index (χ0) is 25.8. The summed E-state index contributed by atoms with van der Waals surface area (Å²) in [5, 5.41) is 2.52. The molecule has 1 saturated heterocycles. The Balaban J connectivity index is 1.42. The van der Waals surface area contributed by atoms with Gasteiger partial charge in [0.1, 0.15) is 22.8 Å². The number of halogens is 1. The number of rotatable bonds is 6. The molecule has 0 aliphatic carbocycles. The predicted molar refractivity (Wildman–Crippen MR) is 142 cm³/mol. The summed E-state index contributed by atoms with van der Waals surface area (Å²) in [7, 11) is 0. The van der Waals surface area contributed by atoms with Crippen molar-refractivity contribution in [2.45, 2.75) is 0 Å². The van der Waals surface area contributed by atoms with Gasteiger partial charge in [-0.15, -0.1) is 0 Å². The van der Waals surface area contributed by atoms with Crippen LogP contribution in [0.15, 0.2) is 109 Å². The highest BCUT2D eigenvalue weighted by Gasteiger charge is 2.34. The van der Waals surface area contributed by atoms with E-state index in [1.807, 2.05) is 30.3 Å². The van der Waals surface area contributed by atoms with E-state index >= 15 is 0 Å². The zero-order valence-electron chi connectivity index (χ0n) is 19.3. The van der Waals surface area contributed by atoms with Crippen molar-refractivity contribution in [3.63, 3.8) is 0 Å². The van der Waals surface area contributed by atoms with Crippen molar-refractivity contribution in [2.75, 3.05) is 4.90 Å². The molecule has 4 aromatic rings. The van der Waals surface area contributed by atoms with Gasteiger partial charge in [-0.2, -0.15) is 0 Å². The van der Waals surface area contributed by atoms with Gasteiger partial charge < -0.3 is 9.47 Å². The molecule has 6 nitrogen and oxygen atoms in total. The molecule has 1 fully saturated rings. The fraction of sp³-hybridized carbons (Fsp3) is 0. The minimum absolute atomic E-state index is 0.0217. The number of nitrogens with one attached hydrogen (secondary N) is 1. The summed E-state index contributed by atoms with van der Waals surface area (Å²) in [6.07, 6.45) is 1.40. The third-order valence-electron chi connectivity index (χ3n) is 5.45. The largest absolute Gasteiger partial charge is 0.457 e. The summed E-state index contributed by atoms with van der Waals surface area (Å²) in [4.78, 5) is 27.4. The minimum atomic E-state index is -0.643. The first-order valence-corrected chi connectivity index (χ1v) is 11.7. The van der Waals surface area contributed by atoms with Crippen molar-refractivity contribution in [1.82, 2.24) is 5.32 Å². The van der Waals surface area contributed by atoms with E-state index in [1.165, 1.54) is 23.1 Å². The van der Waals surface area contributed by atoms with Crippen molar-refractivity contribution in [2.24, 2.45) is 0 Å². The van der Waals surface area contributed by atoms with Gasteiger partial charge in [-0.1, -0.05) is 48.5 Å². The number of benzene rings is 4. The second kappa shape index (κ2) is 10.4. The molecule has 0 unspecified atom stereocenters. The lowest BCUT2D eigenvalue weighted by Crippen LogP contribution is -2.54. The number of carbonyl (C=O) groups is 2. The van der Waals surface area contributed by atoms with Crippen LogP contribution in [0, 0.1) is 5.82 Å². The van der Waals surface area contributed by atoms with E-state index in [0.717, 1.165) is 0 Å². The maximum atomic E-state index is 14.1. The molecule has 0 aromatic heterocycles. The first-order valence-electron chi connectivity index (χ1n) is 11.3. The Morgan fingerprint density at radius 2 is 1.35 bits per heavy atom. The number of anilines is 1. The summed E-state index contributed by atoms with van der Waals surface area (Å²) in [5.41, 5.74) is 0.726. The Labute approximate surface area is 217 Å². The second-order valence-electron chi connectivity index (χ2n) is 7.94. The van der Waals surface area contributed by atoms with Crippen molar-refractivity contribution in [1.29, 1.82) is 0 Å². The molecule has 1 aliphatic heterocycles. The maximum absolute atomic E-state index is 14.1. The molecule has 0 saturated carbocycles. The smallest absolute Gasteiger partial charge is 0.270 e. The summed E-state index contributed by atoms with van der Waals surface area (Å²) >= 11 is 5.29. The summed E-state index contributed by atoms with van der Waals surface area (Å²) < 4.78 is 25.7. The fourth-order valence-corrected chi connectivity index (χ4v) is 3.96. The number of hydrogen-bond acceptors (Lipinski definition) is 5. The molecule has 1 heterocycles. The molecule has 0 spiro atoms. The molecule has 2 amide bonds. The van der Waals surface area contributed by atoms with E-state index in [0.29, 0.717) is 22.7 Å². The standard InChI is InChI=1S/C29H19FN2O4S/c30-24-11-5-7-13-26(24)36-25-12-6-4-8-19(25)18-23-27(33)31-29(37)32(28(23)34)20-14-16-22(17-15-20)35-21-9-2-1-3-10-21/h1-18H,(H,31,33,37)/b23-18+. The van der Waals surface area contributed by atoms with Crippen LogP contribution in [0.3, 0.4) is 0 Å². The number of hydrogen-bond donors (Lipinski definition) is 1. The molecule has 8 heteroatoms. The van der Waals surface area contributed by atoms with Gasteiger partial charge in [-0.25, -0.2) is 4.39 Å². The summed E-state index contributed by atoms with van der Waals surface area (Å²) in [6, 6.07) is 28.7. The van der Waals surface area contributed by atoms with Crippen LogP contribution in [0.25, 0.3) is 6.08 Å². The second-order valence-corrected chi connectivity index (χ2v) is 8.32. The van der Waals surface area contributed by atoms with Gasteiger partial charge in [0.15, 0.2) is 16.7 Å². The van der Waals surface area contributed by atoms with Crippen LogP contribution in [-0.4, -0.2) is 16.9 Å². The molecular formula is C29H19FN2O4S. The van der Waals surface area contributed by atoms with Crippen LogP contribution in [0.2, 0.25) is 0 Å². The van der Waals surface area contributed by atoms with Gasteiger partial charge in [-0.05, 0) is 72.9 Å². The van der Waals surface area contributed by atoms with Crippen LogP contribution in [0.4, 0.5) is 10.1 Å². The van der Waals surface area contributed by atoms with Gasteiger partial charge in [0.05, 0.1) is 5.69 Å². The normalized spacial score (nSPS) is 14.5. The van der Waals surface area contributed by atoms with Crippen molar-refractivity contribution < 1.29 is 23.5 Å². The van der Waals surface area contributed by atoms with Crippen LogP contribution < -0.4 is 19.7 Å². The third kappa shape index (κ3) is 5.24. The quantitative estimate of drug-likeness (QED) is 0.189. The number of ether oxygens (including phenoxy) is 2. The molecule has 0 bridgehead atoms. The van der Waals surface area contributed by atoms with Crippen molar-refractivity contribution in [3.05, 3.63) is 120 Å². The SMILES string of the molecule is O=C1NC(=S)N(c2ccc(Oc3ccccc3)cc2)C(=O)/C1=C/c1ccccc1Oc1ccccc1F. The van der Waals surface area contributed by atoms with Gasteiger partial charge in [0, 0.05) is 5.56 Å². The Morgan fingerprint density at radius 1 is 0.730 bits per heavy atom. The molecular weight excluding hydrogens is 491 g/mol. The number of para-hydroxylation sites is 3. The van der Waals surface area contributed by atoms with Crippen LogP contribution in [0.5, 0.6) is 23.0 Å². The maximum Gasteiger partial charge on any atom is 0.270 e. The molecule has 1 N–H and O–H groups in total. The monoisotopic (exact) mass is 510 g/mol. The predicted octanol–water partition coefficient (Wildman–Crippen LogP) is 6.24. The number of carbonyl (C=O) groups excluding carboxylic acids is 2. The number of thiocarbonyl (C=S) groups is 1. The molecule has 0 radical (unpaired) electrons. The Hall–Kier alpha value is -4.82. The highest BCUT2D eigenvalue weighted by atomic mass is 32.1. The van der Waals surface area contributed by atoms with Crippen molar-refractivity contribution in [3.8, 4) is 23.0 Å². The molecule has 182 valence electrons. The lowest BCUT2D eigenvalue weighted by atomic mass is 10.1. The van der Waals surface area contributed by atoms with E-state index < -0.39 is 17.6 Å². The first-order chi connectivity index (χ1) is 18.0. The van der Waals surface area contributed by atoms with Gasteiger partial charge in [0.25, 0.3) is 11.8 Å². The van der Waals surface area contributed by atoms with E-state index in [2.05, 4.69) is 5.32 Å². The lowest BCUT2D eigenvalue weighted by Gasteiger charge is -2.29. The van der Waals surface area contributed by atoms with E-state index in [1.54, 1.807) is 60.7 Å². The average Bonchev–Trinajstić information content (AvgIpc) is 2.90. The van der Waals surface area contributed by atoms with Gasteiger partial charge in [-0.3, -0.25) is 19.8 Å². The van der Waals surface area contributed by atoms with Crippen LogP contribution in [0.1, 0.15) is 5.56 Å². The van der Waals surface area contributed by atoms with E-state index in [4.69, 9.17) is 21.7 Å². The minimum Gasteiger partial charge on any atom is -0.457 e. The Kier molecular flexibility index (Phi) is 6.74. The Bertz CT molecular complexity index is 1520. The highest BCUT2D eigenvalue weighted by Crippen LogP contribution is 2.31. The van der Waals surface area contributed by atoms with E-state index in [-0.39, 0.29) is 22.2 Å². The molecule has 37 heavy (non-hydrogen) atoms. The fourth-order valence-electron chi connectivity index (χ4n) is 3.67. The average molecular weight is 511 g/mol. The number of amides is 2. The van der Waals surface area contributed by atoms with Gasteiger partial charge in [0.2, 0.25) is 0 Å². The summed E-state index contributed by atoms with van der Waals surface area (Å²) in [6.45, 7) is 0. The molecule has 0 atom stereocenters. The van der Waals surface area contributed by atoms with Gasteiger partial charge >= 0.3 is 0 Å². The van der Waals surface area contributed by atoms with Crippen molar-refractivity contribution >= 4 is 40.9 Å². The molecule has 4 aromatic carbocycles. The third-order valence-corrected chi connectivity index (χ3v) is 5.74. The van der Waals surface area contributed by atoms with Crippen LogP contribution >= 0.6 is 12.2 Å². The zero-order valence-corrected chi connectivity index (χ0v) is 20.1. The topological polar surface area (TPSA) is 67.9 Å². The highest BCUT2D eigenvalue weighted by molar-refractivity contribution is 7.80. The van der Waals surface area contributed by atoms with E-state index in [9.17, 15) is 14.0 Å². The molecule has 5 rings (SSSR count). The molecule has 1 aliphatic rings. The van der Waals surface area contributed by atoms with Crippen LogP contribution in [-0.2, 0) is 9.59 Å². The first kappa shape index (κ1) is 23.9. The Morgan fingerprint density at radius 3 is 2.08 bits per heavy atom. The summed E-state index contributed by atoms with van der Waals surface area (Å²) in [5.74, 6) is -0.232.